The van der Waals surface area contributed by atoms with Crippen molar-refractivity contribution in [1.29, 1.82) is 0 Å². The Morgan fingerprint density at radius 2 is 1.23 bits per heavy atom. The maximum Gasteiger partial charge on any atom is 0.159 e. The van der Waals surface area contributed by atoms with Gasteiger partial charge in [-0.05, 0) is 71.3 Å². The summed E-state index contributed by atoms with van der Waals surface area (Å²) in [6.07, 6.45) is 0. The summed E-state index contributed by atoms with van der Waals surface area (Å²) in [4.78, 5) is 0. The van der Waals surface area contributed by atoms with Gasteiger partial charge in [-0.25, -0.2) is 22.0 Å². The minimum Gasteiger partial charge on any atom is -0.206 e. The Hall–Kier alpha value is -3.65. The van der Waals surface area contributed by atoms with Crippen LogP contribution in [0.5, 0.6) is 0 Å². The van der Waals surface area contributed by atoms with Crippen molar-refractivity contribution in [3.05, 3.63) is 106 Å². The minimum absolute atomic E-state index is 0.0660. The number of rotatable bonds is 1. The molecule has 0 N–H and O–H groups in total. The Bertz CT molecular complexity index is 1340. The second-order valence-corrected chi connectivity index (χ2v) is 6.88. The molecule has 0 aliphatic carbocycles. The summed E-state index contributed by atoms with van der Waals surface area (Å²) in [6.45, 7) is 1.71. The van der Waals surface area contributed by atoms with E-state index in [1.54, 1.807) is 19.1 Å². The zero-order valence-electron chi connectivity index (χ0n) is 15.7. The lowest BCUT2D eigenvalue weighted by Crippen LogP contribution is -1.94. The highest BCUT2D eigenvalue weighted by molar-refractivity contribution is 5.84. The molecule has 0 atom stereocenters. The van der Waals surface area contributed by atoms with Gasteiger partial charge in [0.1, 0.15) is 17.5 Å². The third-order valence-corrected chi connectivity index (χ3v) is 4.69. The first-order valence-corrected chi connectivity index (χ1v) is 8.98. The molecule has 148 valence electrons. The number of hydrogen-bond acceptors (Lipinski definition) is 0. The second kappa shape index (κ2) is 7.64. The Morgan fingerprint density at radius 1 is 0.567 bits per heavy atom. The fraction of sp³-hybridized carbons (Fsp3) is 0.0400. The third-order valence-electron chi connectivity index (χ3n) is 4.69. The third kappa shape index (κ3) is 3.77. The highest BCUT2D eigenvalue weighted by Gasteiger charge is 2.13. The van der Waals surface area contributed by atoms with Crippen LogP contribution in [0.15, 0.2) is 60.7 Å². The van der Waals surface area contributed by atoms with E-state index in [1.807, 2.05) is 0 Å². The van der Waals surface area contributed by atoms with Crippen LogP contribution in [-0.4, -0.2) is 0 Å². The summed E-state index contributed by atoms with van der Waals surface area (Å²) in [5.74, 6) is 0.671. The molecule has 0 saturated heterocycles. The van der Waals surface area contributed by atoms with Crippen molar-refractivity contribution in [3.63, 3.8) is 0 Å². The van der Waals surface area contributed by atoms with E-state index in [0.717, 1.165) is 24.3 Å². The number of benzene rings is 4. The first kappa shape index (κ1) is 19.7. The summed E-state index contributed by atoms with van der Waals surface area (Å²) in [6, 6.07) is 13.1. The molecule has 0 spiro atoms. The molecule has 0 radical (unpaired) electrons. The molecular formula is C25H13F5. The number of hydrogen-bond donors (Lipinski definition) is 0. The van der Waals surface area contributed by atoms with Crippen LogP contribution in [0.3, 0.4) is 0 Å². The molecular weight excluding hydrogens is 395 g/mol. The zero-order valence-corrected chi connectivity index (χ0v) is 15.7. The molecule has 0 aliphatic rings. The molecule has 0 saturated carbocycles. The van der Waals surface area contributed by atoms with Gasteiger partial charge in [0, 0.05) is 11.1 Å². The maximum atomic E-state index is 14.5. The Balaban J connectivity index is 1.72. The largest absolute Gasteiger partial charge is 0.206 e. The van der Waals surface area contributed by atoms with Gasteiger partial charge in [0.15, 0.2) is 11.6 Å². The predicted molar refractivity (Wildman–Crippen MR) is 106 cm³/mol. The molecule has 0 fully saturated rings. The quantitative estimate of drug-likeness (QED) is 0.237. The van der Waals surface area contributed by atoms with E-state index >= 15 is 0 Å². The van der Waals surface area contributed by atoms with Gasteiger partial charge < -0.3 is 0 Å². The summed E-state index contributed by atoms with van der Waals surface area (Å²) >= 11 is 0. The van der Waals surface area contributed by atoms with Gasteiger partial charge in [0.25, 0.3) is 0 Å². The van der Waals surface area contributed by atoms with Crippen LogP contribution in [-0.2, 0) is 0 Å². The Kier molecular flexibility index (Phi) is 5.01. The van der Waals surface area contributed by atoms with Crippen molar-refractivity contribution in [2.45, 2.75) is 6.92 Å². The SMILES string of the molecule is Cc1ccc(-c2cc(F)c(C#Cc3ccc4cc(F)c(F)cc4c3)c(F)c2)c(F)c1. The molecule has 4 aromatic rings. The van der Waals surface area contributed by atoms with E-state index in [4.69, 9.17) is 0 Å². The molecule has 0 unspecified atom stereocenters. The topological polar surface area (TPSA) is 0 Å². The van der Waals surface area contributed by atoms with Gasteiger partial charge in [-0.15, -0.1) is 0 Å². The van der Waals surface area contributed by atoms with Crippen molar-refractivity contribution >= 4 is 10.8 Å². The monoisotopic (exact) mass is 408 g/mol. The van der Waals surface area contributed by atoms with E-state index in [0.29, 0.717) is 21.9 Å². The predicted octanol–water partition coefficient (Wildman–Crippen LogP) is 6.91. The fourth-order valence-corrected chi connectivity index (χ4v) is 3.16. The first-order chi connectivity index (χ1) is 14.3. The highest BCUT2D eigenvalue weighted by Crippen LogP contribution is 2.27. The molecule has 0 aliphatic heterocycles. The van der Waals surface area contributed by atoms with Crippen LogP contribution in [0.4, 0.5) is 22.0 Å². The molecule has 0 bridgehead atoms. The zero-order chi connectivity index (χ0) is 21.4. The van der Waals surface area contributed by atoms with Crippen LogP contribution in [0.1, 0.15) is 16.7 Å². The van der Waals surface area contributed by atoms with E-state index in [9.17, 15) is 22.0 Å². The van der Waals surface area contributed by atoms with Crippen LogP contribution in [0.25, 0.3) is 21.9 Å². The normalized spacial score (nSPS) is 10.7. The number of aryl methyl sites for hydroxylation is 1. The number of halogens is 5. The first-order valence-electron chi connectivity index (χ1n) is 8.98. The smallest absolute Gasteiger partial charge is 0.159 e. The second-order valence-electron chi connectivity index (χ2n) is 6.88. The van der Waals surface area contributed by atoms with Gasteiger partial charge in [-0.1, -0.05) is 30.0 Å². The van der Waals surface area contributed by atoms with Gasteiger partial charge in [0.2, 0.25) is 0 Å². The van der Waals surface area contributed by atoms with Gasteiger partial charge in [-0.2, -0.15) is 0 Å². The van der Waals surface area contributed by atoms with Crippen molar-refractivity contribution in [1.82, 2.24) is 0 Å². The maximum absolute atomic E-state index is 14.5. The average Bonchev–Trinajstić information content (AvgIpc) is 2.68. The van der Waals surface area contributed by atoms with Crippen molar-refractivity contribution in [3.8, 4) is 23.0 Å². The molecule has 0 heterocycles. The Labute approximate surface area is 169 Å². The Morgan fingerprint density at radius 3 is 1.90 bits per heavy atom. The molecule has 30 heavy (non-hydrogen) atoms. The van der Waals surface area contributed by atoms with Crippen molar-refractivity contribution in [2.75, 3.05) is 0 Å². The van der Waals surface area contributed by atoms with Crippen LogP contribution >= 0.6 is 0 Å². The van der Waals surface area contributed by atoms with Gasteiger partial charge in [-0.3, -0.25) is 0 Å². The number of fused-ring (bicyclic) bond motifs is 1. The van der Waals surface area contributed by atoms with Crippen LogP contribution < -0.4 is 0 Å². The van der Waals surface area contributed by atoms with Crippen molar-refractivity contribution in [2.24, 2.45) is 0 Å². The van der Waals surface area contributed by atoms with Gasteiger partial charge in [0.05, 0.1) is 5.56 Å². The lowest BCUT2D eigenvalue weighted by Gasteiger charge is -2.07. The fourth-order valence-electron chi connectivity index (χ4n) is 3.16. The van der Waals surface area contributed by atoms with E-state index in [2.05, 4.69) is 11.8 Å². The minimum atomic E-state index is -0.997. The van der Waals surface area contributed by atoms with Crippen molar-refractivity contribution < 1.29 is 22.0 Å². The lowest BCUT2D eigenvalue weighted by molar-refractivity contribution is 0.511. The van der Waals surface area contributed by atoms with E-state index < -0.39 is 34.6 Å². The summed E-state index contributed by atoms with van der Waals surface area (Å²) in [7, 11) is 0. The summed E-state index contributed by atoms with van der Waals surface area (Å²) < 4.78 is 69.9. The molecule has 0 amide bonds. The summed E-state index contributed by atoms with van der Waals surface area (Å²) in [5.41, 5.74) is 0.758. The molecule has 4 rings (SSSR count). The average molecular weight is 408 g/mol. The molecule has 0 nitrogen and oxygen atoms in total. The molecule has 4 aromatic carbocycles. The molecule has 5 heteroatoms. The molecule has 0 aromatic heterocycles. The lowest BCUT2D eigenvalue weighted by atomic mass is 10.0. The van der Waals surface area contributed by atoms with Gasteiger partial charge >= 0.3 is 0 Å². The highest BCUT2D eigenvalue weighted by atomic mass is 19.2. The van der Waals surface area contributed by atoms with Crippen LogP contribution in [0, 0.1) is 47.9 Å². The van der Waals surface area contributed by atoms with Crippen LogP contribution in [0.2, 0.25) is 0 Å². The summed E-state index contributed by atoms with van der Waals surface area (Å²) in [5, 5.41) is 0.883. The van der Waals surface area contributed by atoms with E-state index in [-0.39, 0.29) is 11.1 Å². The van der Waals surface area contributed by atoms with E-state index in [1.165, 1.54) is 24.3 Å². The standard InChI is InChI=1S/C25H13F5/c1-14-2-6-19(21(26)8-14)18-12-22(27)20(23(28)13-18)7-4-15-3-5-16-10-24(29)25(30)11-17(16)9-15/h2-3,5-6,8-13H,1H3.